The predicted molar refractivity (Wildman–Crippen MR) is 48.8 cm³/mol. The molecule has 72 valence electrons. The van der Waals surface area contributed by atoms with Gasteiger partial charge in [0.15, 0.2) is 5.58 Å². The lowest BCUT2D eigenvalue weighted by Crippen LogP contribution is -2.06. The van der Waals surface area contributed by atoms with Crippen molar-refractivity contribution < 1.29 is 14.3 Å². The number of nitrogens with two attached hydrogens (primary N) is 1. The number of nitrogens with one attached hydrogen (secondary N) is 1. The third kappa shape index (κ3) is 1.27. The maximum Gasteiger partial charge on any atom is 0.335 e. The second kappa shape index (κ2) is 3.00. The third-order valence-corrected chi connectivity index (χ3v) is 1.76. The number of hydrogen-bond acceptors (Lipinski definition) is 5. The smallest absolute Gasteiger partial charge is 0.335 e. The number of nitrogens with zero attached hydrogens (tertiary/aromatic N) is 1. The number of hydrogen-bond donors (Lipinski definition) is 3. The molecule has 0 atom stereocenters. The van der Waals surface area contributed by atoms with E-state index in [4.69, 9.17) is 15.4 Å². The van der Waals surface area contributed by atoms with Crippen molar-refractivity contribution in [3.05, 3.63) is 23.8 Å². The molecule has 1 aromatic carbocycles. The monoisotopic (exact) mass is 193 g/mol. The van der Waals surface area contributed by atoms with Crippen LogP contribution in [0.2, 0.25) is 0 Å². The quantitative estimate of drug-likeness (QED) is 0.482. The summed E-state index contributed by atoms with van der Waals surface area (Å²) in [6.45, 7) is 0. The average Bonchev–Trinajstić information content (AvgIpc) is 2.58. The number of hydrazine groups is 1. The number of benzene rings is 1. The van der Waals surface area contributed by atoms with Gasteiger partial charge in [-0.15, -0.1) is 0 Å². The molecule has 6 nitrogen and oxygen atoms in total. The number of carbonyl (C=O) groups is 1. The summed E-state index contributed by atoms with van der Waals surface area (Å²) in [5.74, 6) is 4.08. The van der Waals surface area contributed by atoms with E-state index in [-0.39, 0.29) is 11.6 Å². The number of fused-ring (bicyclic) bond motifs is 1. The number of aromatic carboxylic acids is 1. The molecule has 0 saturated heterocycles. The van der Waals surface area contributed by atoms with Crippen LogP contribution in [0.15, 0.2) is 22.6 Å². The Kier molecular flexibility index (Phi) is 1.83. The van der Waals surface area contributed by atoms with Gasteiger partial charge in [-0.3, -0.25) is 5.43 Å². The van der Waals surface area contributed by atoms with E-state index in [0.29, 0.717) is 11.1 Å². The molecule has 6 heteroatoms. The van der Waals surface area contributed by atoms with E-state index in [1.54, 1.807) is 6.07 Å². The Morgan fingerprint density at radius 1 is 1.57 bits per heavy atom. The number of aromatic nitrogens is 1. The van der Waals surface area contributed by atoms with Crippen molar-refractivity contribution in [1.82, 2.24) is 4.98 Å². The summed E-state index contributed by atoms with van der Waals surface area (Å²) >= 11 is 0. The van der Waals surface area contributed by atoms with E-state index in [0.717, 1.165) is 0 Å². The van der Waals surface area contributed by atoms with Crippen LogP contribution >= 0.6 is 0 Å². The van der Waals surface area contributed by atoms with Gasteiger partial charge in [0.25, 0.3) is 0 Å². The van der Waals surface area contributed by atoms with E-state index in [1.807, 2.05) is 0 Å². The zero-order valence-electron chi connectivity index (χ0n) is 7.02. The van der Waals surface area contributed by atoms with Crippen molar-refractivity contribution >= 4 is 23.1 Å². The van der Waals surface area contributed by atoms with E-state index >= 15 is 0 Å². The van der Waals surface area contributed by atoms with Crippen molar-refractivity contribution in [1.29, 1.82) is 0 Å². The first-order valence-electron chi connectivity index (χ1n) is 3.81. The van der Waals surface area contributed by atoms with Crippen molar-refractivity contribution in [3.8, 4) is 0 Å². The van der Waals surface area contributed by atoms with Gasteiger partial charge in [-0.2, -0.15) is 4.98 Å². The first kappa shape index (κ1) is 8.52. The topological polar surface area (TPSA) is 101 Å². The lowest BCUT2D eigenvalue weighted by atomic mass is 10.2. The minimum absolute atomic E-state index is 0.150. The molecule has 4 N–H and O–H groups in total. The molecule has 0 amide bonds. The highest BCUT2D eigenvalue weighted by Crippen LogP contribution is 2.19. The molecule has 0 aliphatic carbocycles. The fraction of sp³-hybridized carbons (Fsp3) is 0. The van der Waals surface area contributed by atoms with Crippen LogP contribution in [-0.4, -0.2) is 16.1 Å². The summed E-state index contributed by atoms with van der Waals surface area (Å²) in [4.78, 5) is 14.6. The molecule has 0 saturated carbocycles. The van der Waals surface area contributed by atoms with Crippen LogP contribution in [0.3, 0.4) is 0 Å². The Balaban J connectivity index is 2.59. The van der Waals surface area contributed by atoms with Gasteiger partial charge in [-0.25, -0.2) is 10.6 Å². The van der Waals surface area contributed by atoms with E-state index in [2.05, 4.69) is 10.4 Å². The van der Waals surface area contributed by atoms with E-state index in [9.17, 15) is 4.79 Å². The van der Waals surface area contributed by atoms with Crippen LogP contribution in [-0.2, 0) is 0 Å². The number of oxazole rings is 1. The maximum atomic E-state index is 10.6. The highest BCUT2D eigenvalue weighted by Gasteiger charge is 2.08. The maximum absolute atomic E-state index is 10.6. The van der Waals surface area contributed by atoms with Crippen LogP contribution in [0.4, 0.5) is 6.01 Å². The Morgan fingerprint density at radius 2 is 2.36 bits per heavy atom. The van der Waals surface area contributed by atoms with E-state index in [1.165, 1.54) is 12.1 Å². The SMILES string of the molecule is NNc1nc2ccc(C(=O)O)cc2o1. The zero-order chi connectivity index (χ0) is 10.1. The highest BCUT2D eigenvalue weighted by atomic mass is 16.4. The van der Waals surface area contributed by atoms with Gasteiger partial charge in [0, 0.05) is 0 Å². The van der Waals surface area contributed by atoms with Crippen LogP contribution in [0.5, 0.6) is 0 Å². The molecule has 14 heavy (non-hydrogen) atoms. The molecule has 1 aromatic heterocycles. The summed E-state index contributed by atoms with van der Waals surface area (Å²) in [5.41, 5.74) is 3.34. The summed E-state index contributed by atoms with van der Waals surface area (Å²) < 4.78 is 5.10. The van der Waals surface area contributed by atoms with Gasteiger partial charge in [0.2, 0.25) is 0 Å². The van der Waals surface area contributed by atoms with Crippen molar-refractivity contribution in [3.63, 3.8) is 0 Å². The van der Waals surface area contributed by atoms with Gasteiger partial charge in [-0.1, -0.05) is 0 Å². The zero-order valence-corrected chi connectivity index (χ0v) is 7.02. The molecule has 2 aromatic rings. The highest BCUT2D eigenvalue weighted by molar-refractivity contribution is 5.91. The summed E-state index contributed by atoms with van der Waals surface area (Å²) in [5, 5.41) is 8.71. The van der Waals surface area contributed by atoms with Crippen molar-refractivity contribution in [2.24, 2.45) is 5.84 Å². The molecule has 0 spiro atoms. The van der Waals surface area contributed by atoms with Gasteiger partial charge in [0.05, 0.1) is 5.56 Å². The molecule has 0 unspecified atom stereocenters. The molecular formula is C8H7N3O3. The number of carboxylic acids is 1. The minimum atomic E-state index is -1.01. The second-order valence-electron chi connectivity index (χ2n) is 2.65. The van der Waals surface area contributed by atoms with Crippen LogP contribution in [0.25, 0.3) is 11.1 Å². The van der Waals surface area contributed by atoms with Gasteiger partial charge in [-0.05, 0) is 18.2 Å². The second-order valence-corrected chi connectivity index (χ2v) is 2.65. The standard InChI is InChI=1S/C8H7N3O3/c9-11-8-10-5-2-1-4(7(12)13)3-6(5)14-8/h1-3H,9H2,(H,10,11)(H,12,13). The van der Waals surface area contributed by atoms with Crippen LogP contribution in [0.1, 0.15) is 10.4 Å². The van der Waals surface area contributed by atoms with Crippen molar-refractivity contribution in [2.75, 3.05) is 5.43 Å². The largest absolute Gasteiger partial charge is 0.478 e. The third-order valence-electron chi connectivity index (χ3n) is 1.76. The minimum Gasteiger partial charge on any atom is -0.478 e. The Bertz CT molecular complexity index is 492. The van der Waals surface area contributed by atoms with Gasteiger partial charge < -0.3 is 9.52 Å². The molecule has 1 heterocycles. The Morgan fingerprint density at radius 3 is 3.00 bits per heavy atom. The number of rotatable bonds is 2. The van der Waals surface area contributed by atoms with Crippen LogP contribution in [0, 0.1) is 0 Å². The number of carboxylic acid groups (broad SMARTS) is 1. The molecule has 0 fully saturated rings. The summed E-state index contributed by atoms with van der Waals surface area (Å²) in [6.07, 6.45) is 0. The number of anilines is 1. The van der Waals surface area contributed by atoms with Gasteiger partial charge >= 0.3 is 12.0 Å². The molecule has 0 aliphatic heterocycles. The normalized spacial score (nSPS) is 10.4. The average molecular weight is 193 g/mol. The lowest BCUT2D eigenvalue weighted by Gasteiger charge is -1.91. The number of nitrogen functional groups attached to an aromatic ring is 1. The molecule has 0 aliphatic rings. The Hall–Kier alpha value is -2.08. The molecule has 0 radical (unpaired) electrons. The Labute approximate surface area is 78.3 Å². The predicted octanol–water partition coefficient (Wildman–Crippen LogP) is 0.812. The molecule has 0 bridgehead atoms. The first-order chi connectivity index (χ1) is 6.70. The molecular weight excluding hydrogens is 186 g/mol. The fourth-order valence-electron chi connectivity index (χ4n) is 1.12. The first-order valence-corrected chi connectivity index (χ1v) is 3.81. The summed E-state index contributed by atoms with van der Waals surface area (Å²) in [7, 11) is 0. The molecule has 2 rings (SSSR count). The lowest BCUT2D eigenvalue weighted by molar-refractivity contribution is 0.0697. The summed E-state index contributed by atoms with van der Waals surface area (Å²) in [6, 6.07) is 4.56. The van der Waals surface area contributed by atoms with Gasteiger partial charge in [0.1, 0.15) is 5.52 Å². The fourth-order valence-corrected chi connectivity index (χ4v) is 1.12. The van der Waals surface area contributed by atoms with Crippen molar-refractivity contribution in [2.45, 2.75) is 0 Å². The van der Waals surface area contributed by atoms with Crippen LogP contribution < -0.4 is 11.3 Å². The van der Waals surface area contributed by atoms with E-state index < -0.39 is 5.97 Å².